The van der Waals surface area contributed by atoms with Crippen molar-refractivity contribution in [1.82, 2.24) is 10.7 Å². The van der Waals surface area contributed by atoms with Crippen molar-refractivity contribution in [1.29, 1.82) is 0 Å². The Morgan fingerprint density at radius 1 is 1.40 bits per heavy atom. The van der Waals surface area contributed by atoms with Crippen LogP contribution < -0.4 is 16.6 Å². The van der Waals surface area contributed by atoms with Gasteiger partial charge in [0.25, 0.3) is 0 Å². The Morgan fingerprint density at radius 3 is 2.60 bits per heavy atom. The third-order valence-corrected chi connectivity index (χ3v) is 0.962. The molecule has 0 aliphatic heterocycles. The van der Waals surface area contributed by atoms with Crippen LogP contribution in [-0.2, 0) is 4.79 Å². The van der Waals surface area contributed by atoms with Crippen LogP contribution in [0.5, 0.6) is 0 Å². The third-order valence-electron chi connectivity index (χ3n) is 0.962. The minimum Gasteiger partial charge on any atom is -0.481 e. The van der Waals surface area contributed by atoms with Crippen molar-refractivity contribution in [2.24, 2.45) is 5.84 Å². The van der Waals surface area contributed by atoms with Gasteiger partial charge in [0.2, 0.25) is 0 Å². The average Bonchev–Trinajstić information content (AvgIpc) is 1.87. The lowest BCUT2D eigenvalue weighted by Crippen LogP contribution is -2.32. The van der Waals surface area contributed by atoms with Crippen molar-refractivity contribution < 1.29 is 9.90 Å². The molecule has 0 atom stereocenters. The highest BCUT2D eigenvalue weighted by Crippen LogP contribution is 1.72. The zero-order chi connectivity index (χ0) is 7.82. The number of hydrogen-bond donors (Lipinski definition) is 4. The molecular weight excluding hydrogens is 134 g/mol. The third kappa shape index (κ3) is 7.35. The standard InChI is InChI=1S/C5H13N3O2/c6-8-4-3-7-2-1-5(9)10/h7-8H,1-4,6H2,(H,9,10). The van der Waals surface area contributed by atoms with Gasteiger partial charge in [-0.1, -0.05) is 0 Å². The Hall–Kier alpha value is -0.650. The van der Waals surface area contributed by atoms with Crippen LogP contribution in [0.3, 0.4) is 0 Å². The van der Waals surface area contributed by atoms with Gasteiger partial charge in [-0.05, 0) is 0 Å². The van der Waals surface area contributed by atoms with Crippen molar-refractivity contribution in [3.05, 3.63) is 0 Å². The Labute approximate surface area is 59.6 Å². The fourth-order valence-corrected chi connectivity index (χ4v) is 0.481. The number of carboxylic acids is 1. The largest absolute Gasteiger partial charge is 0.481 e. The molecule has 0 amide bonds. The summed E-state index contributed by atoms with van der Waals surface area (Å²) >= 11 is 0. The van der Waals surface area contributed by atoms with Crippen LogP contribution in [0.25, 0.3) is 0 Å². The summed E-state index contributed by atoms with van der Waals surface area (Å²) < 4.78 is 0. The highest BCUT2D eigenvalue weighted by Gasteiger charge is 1.93. The lowest BCUT2D eigenvalue weighted by atomic mass is 10.4. The number of rotatable bonds is 6. The summed E-state index contributed by atoms with van der Waals surface area (Å²) in [5, 5.41) is 11.1. The molecular formula is C5H13N3O2. The number of nitrogens with one attached hydrogen (secondary N) is 2. The van der Waals surface area contributed by atoms with E-state index in [0.29, 0.717) is 19.6 Å². The minimum atomic E-state index is -0.784. The lowest BCUT2D eigenvalue weighted by molar-refractivity contribution is -0.136. The second-order valence-electron chi connectivity index (χ2n) is 1.85. The number of carbonyl (C=O) groups is 1. The van der Waals surface area contributed by atoms with E-state index in [4.69, 9.17) is 10.9 Å². The first-order valence-corrected chi connectivity index (χ1v) is 3.13. The van der Waals surface area contributed by atoms with Gasteiger partial charge in [0.15, 0.2) is 0 Å². The fourth-order valence-electron chi connectivity index (χ4n) is 0.481. The van der Waals surface area contributed by atoms with Crippen LogP contribution in [0.2, 0.25) is 0 Å². The van der Waals surface area contributed by atoms with Crippen molar-refractivity contribution in [3.63, 3.8) is 0 Å². The summed E-state index contributed by atoms with van der Waals surface area (Å²) in [4.78, 5) is 9.95. The SMILES string of the molecule is NNCCNCCC(=O)O. The molecule has 5 heteroatoms. The molecule has 0 aromatic rings. The molecule has 60 valence electrons. The highest BCUT2D eigenvalue weighted by molar-refractivity contribution is 5.66. The molecule has 0 radical (unpaired) electrons. The second kappa shape index (κ2) is 6.47. The van der Waals surface area contributed by atoms with Gasteiger partial charge < -0.3 is 10.4 Å². The van der Waals surface area contributed by atoms with E-state index in [1.807, 2.05) is 0 Å². The van der Waals surface area contributed by atoms with Crippen molar-refractivity contribution in [2.75, 3.05) is 19.6 Å². The van der Waals surface area contributed by atoms with Crippen LogP contribution in [0.15, 0.2) is 0 Å². The minimum absolute atomic E-state index is 0.157. The van der Waals surface area contributed by atoms with Gasteiger partial charge in [-0.25, -0.2) is 0 Å². The van der Waals surface area contributed by atoms with E-state index in [0.717, 1.165) is 0 Å². The molecule has 0 rings (SSSR count). The predicted molar refractivity (Wildman–Crippen MR) is 37.3 cm³/mol. The summed E-state index contributed by atoms with van der Waals surface area (Å²) in [7, 11) is 0. The maximum atomic E-state index is 9.95. The molecule has 10 heavy (non-hydrogen) atoms. The van der Waals surface area contributed by atoms with Crippen LogP contribution in [0, 0.1) is 0 Å². The summed E-state index contributed by atoms with van der Waals surface area (Å²) in [5.41, 5.74) is 2.45. The van der Waals surface area contributed by atoms with Gasteiger partial charge in [0, 0.05) is 19.6 Å². The first-order chi connectivity index (χ1) is 4.77. The van der Waals surface area contributed by atoms with Gasteiger partial charge in [0.1, 0.15) is 0 Å². The molecule has 0 aliphatic rings. The molecule has 0 heterocycles. The summed E-state index contributed by atoms with van der Waals surface area (Å²) in [5.74, 6) is 4.18. The van der Waals surface area contributed by atoms with Crippen LogP contribution in [0.4, 0.5) is 0 Å². The molecule has 0 fully saturated rings. The molecule has 0 saturated heterocycles. The van der Waals surface area contributed by atoms with Gasteiger partial charge in [-0.15, -0.1) is 0 Å². The number of carboxylic acid groups (broad SMARTS) is 1. The number of nitrogens with two attached hydrogens (primary N) is 1. The second-order valence-corrected chi connectivity index (χ2v) is 1.85. The van der Waals surface area contributed by atoms with Gasteiger partial charge in [-0.2, -0.15) is 0 Å². The average molecular weight is 147 g/mol. The Morgan fingerprint density at radius 2 is 2.10 bits per heavy atom. The van der Waals surface area contributed by atoms with E-state index < -0.39 is 5.97 Å². The Bertz CT molecular complexity index is 96.9. The summed E-state index contributed by atoms with van der Waals surface area (Å²) in [6.45, 7) is 1.85. The van der Waals surface area contributed by atoms with E-state index in [-0.39, 0.29) is 6.42 Å². The summed E-state index contributed by atoms with van der Waals surface area (Å²) in [6, 6.07) is 0. The lowest BCUT2D eigenvalue weighted by Gasteiger charge is -2.00. The topological polar surface area (TPSA) is 87.4 Å². The molecule has 0 aromatic heterocycles. The number of hydrogen-bond acceptors (Lipinski definition) is 4. The Balaban J connectivity index is 2.84. The molecule has 5 nitrogen and oxygen atoms in total. The monoisotopic (exact) mass is 147 g/mol. The number of hydrazine groups is 1. The zero-order valence-electron chi connectivity index (χ0n) is 5.76. The van der Waals surface area contributed by atoms with Crippen LogP contribution in [0.1, 0.15) is 6.42 Å². The van der Waals surface area contributed by atoms with E-state index in [1.165, 1.54) is 0 Å². The molecule has 0 saturated carbocycles. The van der Waals surface area contributed by atoms with E-state index >= 15 is 0 Å². The van der Waals surface area contributed by atoms with Gasteiger partial charge in [0.05, 0.1) is 6.42 Å². The predicted octanol–water partition coefficient (Wildman–Crippen LogP) is -1.49. The maximum Gasteiger partial charge on any atom is 0.304 e. The van der Waals surface area contributed by atoms with E-state index in [1.54, 1.807) is 0 Å². The number of aliphatic carboxylic acids is 1. The van der Waals surface area contributed by atoms with E-state index in [9.17, 15) is 4.79 Å². The fraction of sp³-hybridized carbons (Fsp3) is 0.800. The van der Waals surface area contributed by atoms with E-state index in [2.05, 4.69) is 10.7 Å². The maximum absolute atomic E-state index is 9.95. The first kappa shape index (κ1) is 9.35. The zero-order valence-corrected chi connectivity index (χ0v) is 5.76. The van der Waals surface area contributed by atoms with Crippen LogP contribution >= 0.6 is 0 Å². The molecule has 0 aromatic carbocycles. The smallest absolute Gasteiger partial charge is 0.304 e. The first-order valence-electron chi connectivity index (χ1n) is 3.13. The quantitative estimate of drug-likeness (QED) is 0.209. The summed E-state index contributed by atoms with van der Waals surface area (Å²) in [6.07, 6.45) is 0.157. The van der Waals surface area contributed by atoms with Crippen LogP contribution in [-0.4, -0.2) is 30.7 Å². The van der Waals surface area contributed by atoms with Gasteiger partial charge in [-0.3, -0.25) is 16.1 Å². The highest BCUT2D eigenvalue weighted by atomic mass is 16.4. The molecule has 0 aliphatic carbocycles. The van der Waals surface area contributed by atoms with Gasteiger partial charge >= 0.3 is 5.97 Å². The molecule has 0 bridgehead atoms. The molecule has 0 unspecified atom stereocenters. The van der Waals surface area contributed by atoms with Crippen molar-refractivity contribution in [3.8, 4) is 0 Å². The normalized spacial score (nSPS) is 9.70. The molecule has 5 N–H and O–H groups in total. The Kier molecular flexibility index (Phi) is 6.05. The molecule has 0 spiro atoms. The van der Waals surface area contributed by atoms with Crippen molar-refractivity contribution >= 4 is 5.97 Å². The van der Waals surface area contributed by atoms with Crippen molar-refractivity contribution in [2.45, 2.75) is 6.42 Å².